The second-order valence-corrected chi connectivity index (χ2v) is 11.2. The summed E-state index contributed by atoms with van der Waals surface area (Å²) in [5.74, 6) is 2.89. The largest absolute Gasteiger partial charge is 0.469 e. The average molecular weight is 401 g/mol. The summed E-state index contributed by atoms with van der Waals surface area (Å²) in [4.78, 5) is 23.9. The molecule has 29 heavy (non-hydrogen) atoms. The summed E-state index contributed by atoms with van der Waals surface area (Å²) in [6.45, 7) is 4.75. The molecule has 4 fully saturated rings. The van der Waals surface area contributed by atoms with Crippen molar-refractivity contribution >= 4 is 11.8 Å². The van der Waals surface area contributed by atoms with Crippen molar-refractivity contribution in [3.8, 4) is 0 Å². The fourth-order valence-electron chi connectivity index (χ4n) is 8.94. The van der Waals surface area contributed by atoms with Crippen LogP contribution in [0.25, 0.3) is 0 Å². The van der Waals surface area contributed by atoms with Crippen molar-refractivity contribution in [3.05, 3.63) is 11.6 Å². The second-order valence-electron chi connectivity index (χ2n) is 11.2. The highest BCUT2D eigenvalue weighted by Gasteiger charge is 2.72. The van der Waals surface area contributed by atoms with E-state index in [2.05, 4.69) is 13.8 Å². The molecule has 0 unspecified atom stereocenters. The number of hydrogen-bond donors (Lipinski definition) is 1. The van der Waals surface area contributed by atoms with E-state index in [9.17, 15) is 14.7 Å². The summed E-state index contributed by atoms with van der Waals surface area (Å²) < 4.78 is 4.89. The molecule has 0 heterocycles. The molecule has 0 aromatic heterocycles. The number of ether oxygens (including phenoxy) is 1. The van der Waals surface area contributed by atoms with Crippen LogP contribution < -0.4 is 0 Å². The zero-order valence-corrected chi connectivity index (χ0v) is 18.2. The van der Waals surface area contributed by atoms with Crippen LogP contribution in [0, 0.1) is 40.4 Å². The lowest BCUT2D eigenvalue weighted by atomic mass is 9.45. The van der Waals surface area contributed by atoms with Crippen molar-refractivity contribution in [1.82, 2.24) is 0 Å². The molecule has 160 valence electrons. The van der Waals surface area contributed by atoms with Crippen LogP contribution in [0.5, 0.6) is 0 Å². The third-order valence-electron chi connectivity index (χ3n) is 10.5. The van der Waals surface area contributed by atoms with Crippen molar-refractivity contribution in [2.75, 3.05) is 7.11 Å². The molecule has 0 aromatic carbocycles. The Morgan fingerprint density at radius 1 is 1.10 bits per heavy atom. The van der Waals surface area contributed by atoms with Crippen molar-refractivity contribution in [3.63, 3.8) is 0 Å². The van der Waals surface area contributed by atoms with E-state index in [0.717, 1.165) is 38.5 Å². The minimum Gasteiger partial charge on any atom is -0.469 e. The Morgan fingerprint density at radius 2 is 1.86 bits per heavy atom. The highest BCUT2D eigenvalue weighted by molar-refractivity contribution is 5.91. The van der Waals surface area contributed by atoms with Crippen molar-refractivity contribution in [2.45, 2.75) is 83.7 Å². The molecule has 1 N–H and O–H groups in total. The molecule has 0 radical (unpaired) electrons. The lowest BCUT2D eigenvalue weighted by Crippen LogP contribution is -2.55. The molecule has 4 heteroatoms. The number of carbonyl (C=O) groups excluding carboxylic acids is 2. The van der Waals surface area contributed by atoms with E-state index in [-0.39, 0.29) is 16.8 Å². The quantitative estimate of drug-likeness (QED) is 0.711. The molecule has 5 aliphatic carbocycles. The third kappa shape index (κ3) is 2.47. The number of esters is 1. The lowest BCUT2D eigenvalue weighted by Gasteiger charge is -2.59. The maximum Gasteiger partial charge on any atom is 0.305 e. The van der Waals surface area contributed by atoms with Gasteiger partial charge in [0.15, 0.2) is 5.78 Å². The fourth-order valence-corrected chi connectivity index (χ4v) is 8.94. The molecular formula is C25H36O4. The monoisotopic (exact) mass is 400 g/mol. The highest BCUT2D eigenvalue weighted by atomic mass is 16.5. The molecule has 0 amide bonds. The van der Waals surface area contributed by atoms with Gasteiger partial charge in [-0.2, -0.15) is 0 Å². The standard InChI is InChI=1S/C25H36O4/c1-23-11-8-16(26)14-15(23)4-5-17-19(23)9-12-24(2)22(17)18-6-7-20(18)25(24,28)13-10-21(27)29-3/h14,17-20,22,28H,4-13H2,1-3H3/t17-,18-,19+,20+,22-,23+,24+,25+/m1/s1. The minimum atomic E-state index is -0.737. The first-order valence-corrected chi connectivity index (χ1v) is 11.8. The SMILES string of the molecule is COC(=O)CC[C@]1(O)[C@H]2CC[C@H]2[C@H]2[C@@H]3CCC4=CC(=O)CC[C@]4(C)[C@H]3CC[C@@]21C. The maximum atomic E-state index is 12.0. The topological polar surface area (TPSA) is 63.6 Å². The Balaban J connectivity index is 1.47. The predicted molar refractivity (Wildman–Crippen MR) is 110 cm³/mol. The molecule has 8 atom stereocenters. The van der Waals surface area contributed by atoms with Gasteiger partial charge in [-0.05, 0) is 97.9 Å². The van der Waals surface area contributed by atoms with Gasteiger partial charge >= 0.3 is 5.97 Å². The van der Waals surface area contributed by atoms with Gasteiger partial charge in [0.25, 0.3) is 0 Å². The summed E-state index contributed by atoms with van der Waals surface area (Å²) >= 11 is 0. The van der Waals surface area contributed by atoms with Gasteiger partial charge in [0.2, 0.25) is 0 Å². The lowest BCUT2D eigenvalue weighted by molar-refractivity contribution is -0.155. The van der Waals surface area contributed by atoms with Crippen LogP contribution in [0.2, 0.25) is 0 Å². The van der Waals surface area contributed by atoms with E-state index < -0.39 is 5.60 Å². The van der Waals surface area contributed by atoms with E-state index >= 15 is 0 Å². The molecule has 0 bridgehead atoms. The first-order chi connectivity index (χ1) is 13.7. The van der Waals surface area contributed by atoms with Gasteiger partial charge in [0.1, 0.15) is 0 Å². The van der Waals surface area contributed by atoms with Crippen LogP contribution in [0.4, 0.5) is 0 Å². The van der Waals surface area contributed by atoms with Gasteiger partial charge in [0, 0.05) is 12.8 Å². The zero-order valence-electron chi connectivity index (χ0n) is 18.2. The van der Waals surface area contributed by atoms with Gasteiger partial charge in [-0.1, -0.05) is 19.4 Å². The Labute approximate surface area is 174 Å². The van der Waals surface area contributed by atoms with Crippen LogP contribution in [-0.4, -0.2) is 29.6 Å². The Kier molecular flexibility index (Phi) is 4.38. The molecule has 4 saturated carbocycles. The first-order valence-electron chi connectivity index (χ1n) is 11.8. The van der Waals surface area contributed by atoms with Crippen molar-refractivity contribution < 1.29 is 19.4 Å². The van der Waals surface area contributed by atoms with Crippen molar-refractivity contribution in [1.29, 1.82) is 0 Å². The Morgan fingerprint density at radius 3 is 2.55 bits per heavy atom. The van der Waals surface area contributed by atoms with Crippen LogP contribution >= 0.6 is 0 Å². The molecule has 0 aliphatic heterocycles. The van der Waals surface area contributed by atoms with Gasteiger partial charge < -0.3 is 9.84 Å². The van der Waals surface area contributed by atoms with Gasteiger partial charge in [-0.3, -0.25) is 9.59 Å². The summed E-state index contributed by atoms with van der Waals surface area (Å²) in [6.07, 6.45) is 11.3. The van der Waals surface area contributed by atoms with E-state index in [1.54, 1.807) is 0 Å². The zero-order chi connectivity index (χ0) is 20.6. The number of carbonyl (C=O) groups is 2. The van der Waals surface area contributed by atoms with E-state index in [0.29, 0.717) is 54.6 Å². The Bertz CT molecular complexity index is 771. The first kappa shape index (κ1) is 19.8. The normalized spacial score (nSPS) is 50.4. The molecule has 0 spiro atoms. The highest BCUT2D eigenvalue weighted by Crippen LogP contribution is 2.74. The Hall–Kier alpha value is -1.16. The number of allylic oxidation sites excluding steroid dienone is 1. The van der Waals surface area contributed by atoms with Crippen LogP contribution in [0.15, 0.2) is 11.6 Å². The van der Waals surface area contributed by atoms with Crippen LogP contribution in [0.3, 0.4) is 0 Å². The van der Waals surface area contributed by atoms with Crippen molar-refractivity contribution in [2.24, 2.45) is 40.4 Å². The average Bonchev–Trinajstić information content (AvgIpc) is 2.80. The third-order valence-corrected chi connectivity index (χ3v) is 10.5. The maximum absolute atomic E-state index is 12.0. The summed E-state index contributed by atoms with van der Waals surface area (Å²) in [5.41, 5.74) is 0.738. The van der Waals surface area contributed by atoms with Gasteiger partial charge in [0.05, 0.1) is 12.7 Å². The number of methoxy groups -OCH3 is 1. The molecule has 0 saturated heterocycles. The number of ketones is 1. The summed E-state index contributed by atoms with van der Waals surface area (Å²) in [6, 6.07) is 0. The summed E-state index contributed by atoms with van der Waals surface area (Å²) in [5, 5.41) is 12.0. The molecular weight excluding hydrogens is 364 g/mol. The molecule has 4 nitrogen and oxygen atoms in total. The predicted octanol–water partition coefficient (Wildman–Crippen LogP) is 4.45. The second kappa shape index (κ2) is 6.42. The molecule has 5 aliphatic rings. The number of aliphatic hydroxyl groups is 1. The van der Waals surface area contributed by atoms with Gasteiger partial charge in [-0.25, -0.2) is 0 Å². The van der Waals surface area contributed by atoms with E-state index in [4.69, 9.17) is 4.74 Å². The fraction of sp³-hybridized carbons (Fsp3) is 0.840. The number of hydrogen-bond acceptors (Lipinski definition) is 4. The van der Waals surface area contributed by atoms with E-state index in [1.807, 2.05) is 6.08 Å². The van der Waals surface area contributed by atoms with E-state index in [1.165, 1.54) is 19.1 Å². The minimum absolute atomic E-state index is 0.101. The summed E-state index contributed by atoms with van der Waals surface area (Å²) in [7, 11) is 1.44. The van der Waals surface area contributed by atoms with Crippen LogP contribution in [-0.2, 0) is 14.3 Å². The van der Waals surface area contributed by atoms with Crippen LogP contribution in [0.1, 0.15) is 78.1 Å². The molecule has 5 rings (SSSR count). The smallest absolute Gasteiger partial charge is 0.305 e. The van der Waals surface area contributed by atoms with Gasteiger partial charge in [-0.15, -0.1) is 0 Å². The molecule has 0 aromatic rings. The number of rotatable bonds is 3. The number of fused-ring (bicyclic) bond motifs is 7.